The Hall–Kier alpha value is -3.22. The van der Waals surface area contributed by atoms with Crippen LogP contribution in [0.2, 0.25) is 0 Å². The van der Waals surface area contributed by atoms with Crippen LogP contribution in [0.4, 0.5) is 0 Å². The number of rotatable bonds is 6. The van der Waals surface area contributed by atoms with Gasteiger partial charge < -0.3 is 23.8 Å². The maximum atomic E-state index is 12.7. The van der Waals surface area contributed by atoms with Crippen molar-refractivity contribution in [1.82, 2.24) is 14.9 Å². The SMILES string of the molecule is COc1cc(OC)cc(C(NC(=O)c2ccc(C)o2)c2nccn2C)c1. The maximum absolute atomic E-state index is 12.7. The number of imidazole rings is 1. The third-order valence-corrected chi connectivity index (χ3v) is 4.06. The molecule has 1 amide bonds. The summed E-state index contributed by atoms with van der Waals surface area (Å²) in [6.07, 6.45) is 3.51. The van der Waals surface area contributed by atoms with Crippen LogP contribution in [-0.4, -0.2) is 29.7 Å². The molecule has 3 aromatic rings. The zero-order valence-corrected chi connectivity index (χ0v) is 15.1. The Kier molecular flexibility index (Phi) is 4.97. The first-order chi connectivity index (χ1) is 12.5. The number of ether oxygens (including phenoxy) is 2. The molecule has 7 nitrogen and oxygen atoms in total. The molecule has 0 aliphatic heterocycles. The van der Waals surface area contributed by atoms with E-state index in [-0.39, 0.29) is 11.7 Å². The second-order valence-corrected chi connectivity index (χ2v) is 5.86. The van der Waals surface area contributed by atoms with Gasteiger partial charge in [-0.1, -0.05) is 0 Å². The van der Waals surface area contributed by atoms with Crippen molar-refractivity contribution in [3.63, 3.8) is 0 Å². The molecule has 0 spiro atoms. The van der Waals surface area contributed by atoms with Crippen LogP contribution < -0.4 is 14.8 Å². The van der Waals surface area contributed by atoms with Gasteiger partial charge in [0.2, 0.25) is 0 Å². The lowest BCUT2D eigenvalue weighted by Crippen LogP contribution is -2.31. The van der Waals surface area contributed by atoms with Crippen molar-refractivity contribution in [2.75, 3.05) is 14.2 Å². The fourth-order valence-corrected chi connectivity index (χ4v) is 2.71. The minimum Gasteiger partial charge on any atom is -0.497 e. The number of nitrogens with zero attached hydrogens (tertiary/aromatic N) is 2. The minimum atomic E-state index is -0.503. The Balaban J connectivity index is 2.02. The monoisotopic (exact) mass is 355 g/mol. The van der Waals surface area contributed by atoms with Crippen molar-refractivity contribution < 1.29 is 18.7 Å². The quantitative estimate of drug-likeness (QED) is 0.736. The Morgan fingerprint density at radius 1 is 1.19 bits per heavy atom. The van der Waals surface area contributed by atoms with Gasteiger partial charge in [0.05, 0.1) is 14.2 Å². The van der Waals surface area contributed by atoms with Crippen LogP contribution in [0.5, 0.6) is 11.5 Å². The normalized spacial score (nSPS) is 11.8. The van der Waals surface area contributed by atoms with Crippen molar-refractivity contribution in [3.8, 4) is 11.5 Å². The smallest absolute Gasteiger partial charge is 0.287 e. The highest BCUT2D eigenvalue weighted by Gasteiger charge is 2.24. The van der Waals surface area contributed by atoms with Crippen LogP contribution in [-0.2, 0) is 7.05 Å². The van der Waals surface area contributed by atoms with Crippen LogP contribution in [0.15, 0.2) is 47.1 Å². The van der Waals surface area contributed by atoms with E-state index in [2.05, 4.69) is 10.3 Å². The fraction of sp³-hybridized carbons (Fsp3) is 0.263. The number of benzene rings is 1. The molecule has 0 saturated carbocycles. The molecule has 0 saturated heterocycles. The highest BCUT2D eigenvalue weighted by Crippen LogP contribution is 2.29. The van der Waals surface area contributed by atoms with E-state index in [1.165, 1.54) is 0 Å². The molecule has 0 bridgehead atoms. The number of hydrogen-bond donors (Lipinski definition) is 1. The van der Waals surface area contributed by atoms with Crippen molar-refractivity contribution in [1.29, 1.82) is 0 Å². The molecule has 1 N–H and O–H groups in total. The van der Waals surface area contributed by atoms with Crippen LogP contribution in [0.3, 0.4) is 0 Å². The number of hydrogen-bond acceptors (Lipinski definition) is 5. The molecule has 2 heterocycles. The maximum Gasteiger partial charge on any atom is 0.287 e. The second-order valence-electron chi connectivity index (χ2n) is 5.86. The Morgan fingerprint density at radius 2 is 1.88 bits per heavy atom. The van der Waals surface area contributed by atoms with Gasteiger partial charge in [-0.05, 0) is 36.8 Å². The Labute approximate surface area is 151 Å². The third kappa shape index (κ3) is 3.56. The molecule has 0 aliphatic carbocycles. The molecule has 136 valence electrons. The minimum absolute atomic E-state index is 0.247. The van der Waals surface area contributed by atoms with Crippen LogP contribution in [0.1, 0.15) is 33.7 Å². The van der Waals surface area contributed by atoms with Crippen molar-refractivity contribution in [3.05, 3.63) is 65.6 Å². The van der Waals surface area contributed by atoms with Gasteiger partial charge >= 0.3 is 0 Å². The molecule has 2 aromatic heterocycles. The molecular formula is C19H21N3O4. The summed E-state index contributed by atoms with van der Waals surface area (Å²) in [7, 11) is 5.03. The van der Waals surface area contributed by atoms with Crippen LogP contribution in [0, 0.1) is 6.92 Å². The van der Waals surface area contributed by atoms with E-state index in [0.29, 0.717) is 23.1 Å². The summed E-state index contributed by atoms with van der Waals surface area (Å²) in [6.45, 7) is 1.79. The molecular weight excluding hydrogens is 334 g/mol. The molecule has 1 unspecified atom stereocenters. The average Bonchev–Trinajstić information content (AvgIpc) is 3.27. The Morgan fingerprint density at radius 3 is 2.38 bits per heavy atom. The van der Waals surface area contributed by atoms with Crippen LogP contribution >= 0.6 is 0 Å². The van der Waals surface area contributed by atoms with Gasteiger partial charge in [0, 0.05) is 25.5 Å². The summed E-state index contributed by atoms with van der Waals surface area (Å²) in [5, 5.41) is 2.98. The average molecular weight is 355 g/mol. The van der Waals surface area contributed by atoms with Crippen molar-refractivity contribution in [2.24, 2.45) is 7.05 Å². The zero-order chi connectivity index (χ0) is 18.7. The number of methoxy groups -OCH3 is 2. The predicted octanol–water partition coefficient (Wildman–Crippen LogP) is 2.86. The summed E-state index contributed by atoms with van der Waals surface area (Å²) in [5.74, 6) is 2.52. The summed E-state index contributed by atoms with van der Waals surface area (Å²) >= 11 is 0. The molecule has 7 heteroatoms. The number of aryl methyl sites for hydroxylation is 2. The first-order valence-corrected chi connectivity index (χ1v) is 8.09. The van der Waals surface area contributed by atoms with Crippen molar-refractivity contribution in [2.45, 2.75) is 13.0 Å². The summed E-state index contributed by atoms with van der Waals surface area (Å²) < 4.78 is 18.0. The van der Waals surface area contributed by atoms with Gasteiger partial charge in [0.25, 0.3) is 5.91 Å². The van der Waals surface area contributed by atoms with Gasteiger partial charge in [-0.25, -0.2) is 4.98 Å². The summed E-state index contributed by atoms with van der Waals surface area (Å²) in [6, 6.07) is 8.35. The number of furan rings is 1. The number of aromatic nitrogens is 2. The van der Waals surface area contributed by atoms with Gasteiger partial charge in [-0.15, -0.1) is 0 Å². The number of amides is 1. The number of carbonyl (C=O) groups excluding carboxylic acids is 1. The van der Waals surface area contributed by atoms with E-state index in [4.69, 9.17) is 13.9 Å². The standard InChI is InChI=1S/C19H21N3O4/c1-12-5-6-16(26-12)19(23)21-17(18-20-7-8-22(18)2)13-9-14(24-3)11-15(10-13)25-4/h5-11,17H,1-4H3,(H,21,23). The molecule has 1 atom stereocenters. The molecule has 1 aromatic carbocycles. The number of carbonyl (C=O) groups is 1. The molecule has 0 fully saturated rings. The Bertz CT molecular complexity index is 891. The van der Waals surface area contributed by atoms with Gasteiger partial charge in [0.1, 0.15) is 29.1 Å². The summed E-state index contributed by atoms with van der Waals surface area (Å²) in [4.78, 5) is 17.0. The zero-order valence-electron chi connectivity index (χ0n) is 15.1. The second kappa shape index (κ2) is 7.35. The first kappa shape index (κ1) is 17.6. The molecule has 0 aliphatic rings. The van der Waals surface area contributed by atoms with E-state index in [0.717, 1.165) is 5.56 Å². The lowest BCUT2D eigenvalue weighted by atomic mass is 10.0. The van der Waals surface area contributed by atoms with E-state index in [1.807, 2.05) is 29.9 Å². The number of nitrogens with one attached hydrogen (secondary N) is 1. The van der Waals surface area contributed by atoms with E-state index < -0.39 is 6.04 Å². The van der Waals surface area contributed by atoms with Crippen LogP contribution in [0.25, 0.3) is 0 Å². The van der Waals surface area contributed by atoms with Crippen molar-refractivity contribution >= 4 is 5.91 Å². The fourth-order valence-electron chi connectivity index (χ4n) is 2.71. The largest absolute Gasteiger partial charge is 0.497 e. The highest BCUT2D eigenvalue weighted by atomic mass is 16.5. The van der Waals surface area contributed by atoms with Gasteiger partial charge in [-0.3, -0.25) is 4.79 Å². The predicted molar refractivity (Wildman–Crippen MR) is 95.5 cm³/mol. The van der Waals surface area contributed by atoms with Gasteiger partial charge in [0.15, 0.2) is 5.76 Å². The van der Waals surface area contributed by atoms with Gasteiger partial charge in [-0.2, -0.15) is 0 Å². The topological polar surface area (TPSA) is 78.5 Å². The third-order valence-electron chi connectivity index (χ3n) is 4.06. The van der Waals surface area contributed by atoms with E-state index in [1.54, 1.807) is 45.5 Å². The molecule has 0 radical (unpaired) electrons. The molecule has 3 rings (SSSR count). The van der Waals surface area contributed by atoms with E-state index in [9.17, 15) is 4.79 Å². The molecule has 26 heavy (non-hydrogen) atoms. The van der Waals surface area contributed by atoms with E-state index >= 15 is 0 Å². The lowest BCUT2D eigenvalue weighted by Gasteiger charge is -2.20. The summed E-state index contributed by atoms with van der Waals surface area (Å²) in [5.41, 5.74) is 0.784. The lowest BCUT2D eigenvalue weighted by molar-refractivity contribution is 0.0911. The highest BCUT2D eigenvalue weighted by molar-refractivity contribution is 5.92. The first-order valence-electron chi connectivity index (χ1n) is 8.09.